The summed E-state index contributed by atoms with van der Waals surface area (Å²) in [6, 6.07) is 25.5. The number of aliphatic imine (C=N–C) groups is 1. The third kappa shape index (κ3) is 7.01. The molecule has 4 rings (SSSR count). The van der Waals surface area contributed by atoms with E-state index in [0.717, 1.165) is 17.0 Å². The molecule has 182 valence electrons. The number of rotatable bonds is 8. The van der Waals surface area contributed by atoms with Crippen molar-refractivity contribution in [2.75, 3.05) is 11.9 Å². The van der Waals surface area contributed by atoms with E-state index >= 15 is 0 Å². The molecule has 5 nitrogen and oxygen atoms in total. The number of nitrogens with zero attached hydrogens (tertiary/aromatic N) is 1. The summed E-state index contributed by atoms with van der Waals surface area (Å²) in [4.78, 5) is 16.7. The van der Waals surface area contributed by atoms with E-state index in [-0.39, 0.29) is 28.3 Å². The van der Waals surface area contributed by atoms with E-state index in [1.54, 1.807) is 30.5 Å². The Morgan fingerprint density at radius 1 is 0.861 bits per heavy atom. The highest BCUT2D eigenvalue weighted by molar-refractivity contribution is 6.37. The van der Waals surface area contributed by atoms with Gasteiger partial charge in [-0.25, -0.2) is 0 Å². The Morgan fingerprint density at radius 2 is 1.53 bits per heavy atom. The second-order valence-electron chi connectivity index (χ2n) is 7.78. The van der Waals surface area contributed by atoms with Crippen LogP contribution in [0.25, 0.3) is 0 Å². The summed E-state index contributed by atoms with van der Waals surface area (Å²) in [5.74, 6) is 1.32. The summed E-state index contributed by atoms with van der Waals surface area (Å²) in [7, 11) is 0. The first-order valence-electron chi connectivity index (χ1n) is 10.9. The van der Waals surface area contributed by atoms with Crippen LogP contribution >= 0.6 is 34.8 Å². The van der Waals surface area contributed by atoms with Crippen LogP contribution in [0.4, 0.5) is 11.4 Å². The number of hydrogen-bond acceptors (Lipinski definition) is 4. The molecule has 0 aliphatic carbocycles. The van der Waals surface area contributed by atoms with Gasteiger partial charge in [-0.2, -0.15) is 0 Å². The van der Waals surface area contributed by atoms with Crippen molar-refractivity contribution in [3.63, 3.8) is 0 Å². The maximum Gasteiger partial charge on any atom is 0.262 e. The van der Waals surface area contributed by atoms with Crippen molar-refractivity contribution in [3.8, 4) is 17.2 Å². The van der Waals surface area contributed by atoms with Crippen LogP contribution < -0.4 is 14.8 Å². The summed E-state index contributed by atoms with van der Waals surface area (Å²) < 4.78 is 11.4. The SMILES string of the molecule is Cc1ccc(NC(=O)COc2c(Cl)cc(C=Nc3ccc(Oc4ccccc4)cc3)cc2Cl)cc1Cl. The number of amides is 1. The molecule has 0 aliphatic rings. The molecule has 4 aromatic rings. The van der Waals surface area contributed by atoms with Gasteiger partial charge in [0.25, 0.3) is 5.91 Å². The Morgan fingerprint density at radius 3 is 2.19 bits per heavy atom. The topological polar surface area (TPSA) is 59.9 Å². The van der Waals surface area contributed by atoms with E-state index in [4.69, 9.17) is 44.3 Å². The third-order valence-corrected chi connectivity index (χ3v) is 5.97. The van der Waals surface area contributed by atoms with Gasteiger partial charge in [0, 0.05) is 16.9 Å². The highest BCUT2D eigenvalue weighted by atomic mass is 35.5. The minimum Gasteiger partial charge on any atom is -0.481 e. The van der Waals surface area contributed by atoms with Gasteiger partial charge >= 0.3 is 0 Å². The van der Waals surface area contributed by atoms with E-state index in [0.29, 0.717) is 22.0 Å². The molecule has 0 spiro atoms. The number of carbonyl (C=O) groups is 1. The number of nitrogens with one attached hydrogen (secondary N) is 1. The number of aryl methyl sites for hydroxylation is 1. The summed E-state index contributed by atoms with van der Waals surface area (Å²) in [6.07, 6.45) is 1.64. The standard InChI is InChI=1S/C28H21Cl3N2O3/c1-18-7-8-21(15-24(18)29)33-27(34)17-35-28-25(30)13-19(14-26(28)31)16-32-20-9-11-23(12-10-20)36-22-5-3-2-4-6-22/h2-16H,17H2,1H3,(H,33,34). The molecule has 0 heterocycles. The minimum atomic E-state index is -0.368. The lowest BCUT2D eigenvalue weighted by atomic mass is 10.2. The van der Waals surface area contributed by atoms with Crippen LogP contribution in [0.1, 0.15) is 11.1 Å². The Hall–Kier alpha value is -3.51. The molecule has 0 saturated heterocycles. The lowest BCUT2D eigenvalue weighted by Gasteiger charge is -2.11. The predicted molar refractivity (Wildman–Crippen MR) is 147 cm³/mol. The molecular formula is C28H21Cl3N2O3. The maximum atomic E-state index is 12.3. The predicted octanol–water partition coefficient (Wildman–Crippen LogP) is 8.52. The van der Waals surface area contributed by atoms with Crippen LogP contribution in [0.15, 0.2) is 89.9 Å². The number of benzene rings is 4. The van der Waals surface area contributed by atoms with Crippen molar-refractivity contribution < 1.29 is 14.3 Å². The monoisotopic (exact) mass is 538 g/mol. The number of anilines is 1. The third-order valence-electron chi connectivity index (χ3n) is 5.00. The summed E-state index contributed by atoms with van der Waals surface area (Å²) in [5, 5.41) is 3.82. The molecule has 0 bridgehead atoms. The van der Waals surface area contributed by atoms with Crippen molar-refractivity contribution in [2.24, 2.45) is 4.99 Å². The lowest BCUT2D eigenvalue weighted by molar-refractivity contribution is -0.118. The molecule has 0 fully saturated rings. The van der Waals surface area contributed by atoms with E-state index in [2.05, 4.69) is 10.3 Å². The van der Waals surface area contributed by atoms with Gasteiger partial charge in [0.05, 0.1) is 15.7 Å². The Kier molecular flexibility index (Phi) is 8.49. The van der Waals surface area contributed by atoms with Crippen molar-refractivity contribution in [1.82, 2.24) is 0 Å². The fourth-order valence-electron chi connectivity index (χ4n) is 3.17. The fourth-order valence-corrected chi connectivity index (χ4v) is 3.96. The molecule has 4 aromatic carbocycles. The molecule has 0 aliphatic heterocycles. The van der Waals surface area contributed by atoms with Crippen LogP contribution in [-0.4, -0.2) is 18.7 Å². The van der Waals surface area contributed by atoms with Crippen LogP contribution in [0.2, 0.25) is 15.1 Å². The Balaban J connectivity index is 1.35. The van der Waals surface area contributed by atoms with E-state index in [1.807, 2.05) is 67.6 Å². The largest absolute Gasteiger partial charge is 0.481 e. The Labute approximate surface area is 224 Å². The van der Waals surface area contributed by atoms with Gasteiger partial charge in [-0.1, -0.05) is 59.1 Å². The molecule has 0 saturated carbocycles. The zero-order valence-electron chi connectivity index (χ0n) is 19.2. The van der Waals surface area contributed by atoms with Crippen molar-refractivity contribution in [3.05, 3.63) is 111 Å². The smallest absolute Gasteiger partial charge is 0.262 e. The van der Waals surface area contributed by atoms with Crippen molar-refractivity contribution >= 4 is 58.3 Å². The molecule has 0 atom stereocenters. The molecule has 8 heteroatoms. The number of hydrogen-bond donors (Lipinski definition) is 1. The van der Waals surface area contributed by atoms with Gasteiger partial charge in [0.15, 0.2) is 12.4 Å². The van der Waals surface area contributed by atoms with Crippen LogP contribution in [0.3, 0.4) is 0 Å². The Bertz CT molecular complexity index is 1370. The number of ether oxygens (including phenoxy) is 2. The van der Waals surface area contributed by atoms with Gasteiger partial charge in [0.1, 0.15) is 11.5 Å². The lowest BCUT2D eigenvalue weighted by Crippen LogP contribution is -2.20. The average molecular weight is 540 g/mol. The molecule has 1 amide bonds. The minimum absolute atomic E-state index is 0.218. The fraction of sp³-hybridized carbons (Fsp3) is 0.0714. The second kappa shape index (κ2) is 12.0. The summed E-state index contributed by atoms with van der Waals surface area (Å²) >= 11 is 18.8. The number of para-hydroxylation sites is 1. The molecule has 0 radical (unpaired) electrons. The first-order valence-corrected chi connectivity index (χ1v) is 12.1. The van der Waals surface area contributed by atoms with E-state index in [1.165, 1.54) is 0 Å². The van der Waals surface area contributed by atoms with Gasteiger partial charge in [-0.3, -0.25) is 9.79 Å². The number of carbonyl (C=O) groups excluding carboxylic acids is 1. The second-order valence-corrected chi connectivity index (χ2v) is 9.00. The normalized spacial score (nSPS) is 10.9. The first kappa shape index (κ1) is 25.6. The number of halogens is 3. The molecular weight excluding hydrogens is 519 g/mol. The zero-order chi connectivity index (χ0) is 25.5. The van der Waals surface area contributed by atoms with Gasteiger partial charge in [-0.15, -0.1) is 0 Å². The maximum absolute atomic E-state index is 12.3. The van der Waals surface area contributed by atoms with E-state index in [9.17, 15) is 4.79 Å². The first-order chi connectivity index (χ1) is 17.4. The van der Waals surface area contributed by atoms with Crippen molar-refractivity contribution in [2.45, 2.75) is 6.92 Å². The van der Waals surface area contributed by atoms with Gasteiger partial charge in [0.2, 0.25) is 0 Å². The van der Waals surface area contributed by atoms with Gasteiger partial charge in [-0.05, 0) is 78.7 Å². The zero-order valence-corrected chi connectivity index (χ0v) is 21.4. The molecule has 1 N–H and O–H groups in total. The molecule has 0 aromatic heterocycles. The quantitative estimate of drug-likeness (QED) is 0.228. The van der Waals surface area contributed by atoms with Crippen LogP contribution in [0, 0.1) is 6.92 Å². The van der Waals surface area contributed by atoms with Crippen LogP contribution in [0.5, 0.6) is 17.2 Å². The van der Waals surface area contributed by atoms with E-state index < -0.39 is 0 Å². The highest BCUT2D eigenvalue weighted by Gasteiger charge is 2.12. The summed E-state index contributed by atoms with van der Waals surface area (Å²) in [5.41, 5.74) is 2.90. The highest BCUT2D eigenvalue weighted by Crippen LogP contribution is 2.34. The molecule has 36 heavy (non-hydrogen) atoms. The molecule has 0 unspecified atom stereocenters. The van der Waals surface area contributed by atoms with Crippen molar-refractivity contribution in [1.29, 1.82) is 0 Å². The van der Waals surface area contributed by atoms with Gasteiger partial charge < -0.3 is 14.8 Å². The average Bonchev–Trinajstić information content (AvgIpc) is 2.86. The van der Waals surface area contributed by atoms with Crippen LogP contribution in [-0.2, 0) is 4.79 Å². The summed E-state index contributed by atoms with van der Waals surface area (Å²) in [6.45, 7) is 1.61.